The largest absolute Gasteiger partial charge is 0.396 e. The minimum Gasteiger partial charge on any atom is -0.396 e. The van der Waals surface area contributed by atoms with Crippen molar-refractivity contribution in [1.29, 1.82) is 0 Å². The quantitative estimate of drug-likeness (QED) is 0.492. The number of carbonyl (C=O) groups excluding carboxylic acids is 1. The molecule has 3 rings (SSSR count). The van der Waals surface area contributed by atoms with Crippen molar-refractivity contribution in [3.8, 4) is 0 Å². The molecule has 142 valence electrons. The Morgan fingerprint density at radius 3 is 2.30 bits per heavy atom. The van der Waals surface area contributed by atoms with Crippen LogP contribution in [0.5, 0.6) is 0 Å². The van der Waals surface area contributed by atoms with E-state index in [0.29, 0.717) is 0 Å². The lowest BCUT2D eigenvalue weighted by molar-refractivity contribution is 0.101. The van der Waals surface area contributed by atoms with E-state index >= 15 is 0 Å². The topological polar surface area (TPSA) is 117 Å². The number of hydrogen-bond donors (Lipinski definition) is 2. The molecule has 2 aromatic heterocycles. The first-order valence-electron chi connectivity index (χ1n) is 7.77. The van der Waals surface area contributed by atoms with Gasteiger partial charge in [-0.1, -0.05) is 23.2 Å². The number of carbonyl (C=O) groups is 1. The first-order chi connectivity index (χ1) is 12.6. The average molecular weight is 411 g/mol. The second-order valence-corrected chi connectivity index (χ2v) is 6.82. The molecular formula is C16H16Cl2N6O3. The highest BCUT2D eigenvalue weighted by molar-refractivity contribution is 6.39. The number of fused-ring (bicyclic) bond motifs is 1. The van der Waals surface area contributed by atoms with Crippen LogP contribution in [0.25, 0.3) is 11.2 Å². The maximum Gasteiger partial charge on any atom is 0.332 e. The highest BCUT2D eigenvalue weighted by Crippen LogP contribution is 2.29. The predicted molar refractivity (Wildman–Crippen MR) is 105 cm³/mol. The molecule has 0 radical (unpaired) electrons. The molecule has 0 spiro atoms. The first-order valence-corrected chi connectivity index (χ1v) is 8.53. The van der Waals surface area contributed by atoms with Gasteiger partial charge in [0, 0.05) is 26.7 Å². The lowest BCUT2D eigenvalue weighted by atomic mass is 10.1. The summed E-state index contributed by atoms with van der Waals surface area (Å²) >= 11 is 11.9. The molecule has 2 heterocycles. The van der Waals surface area contributed by atoms with Gasteiger partial charge in [0.15, 0.2) is 16.9 Å². The number of nitrogens with one attached hydrogen (secondary N) is 1. The third-order valence-electron chi connectivity index (χ3n) is 4.28. The summed E-state index contributed by atoms with van der Waals surface area (Å²) in [6.07, 6.45) is 0. The Balaban J connectivity index is 1.94. The van der Waals surface area contributed by atoms with Crippen LogP contribution in [0, 0.1) is 0 Å². The molecular weight excluding hydrogens is 395 g/mol. The summed E-state index contributed by atoms with van der Waals surface area (Å²) in [5, 5.41) is 3.24. The van der Waals surface area contributed by atoms with E-state index in [1.165, 1.54) is 35.4 Å². The number of halogens is 2. The van der Waals surface area contributed by atoms with Crippen molar-refractivity contribution in [3.05, 3.63) is 48.6 Å². The van der Waals surface area contributed by atoms with Gasteiger partial charge in [-0.15, -0.1) is 0 Å². The Morgan fingerprint density at radius 1 is 1.11 bits per heavy atom. The molecule has 27 heavy (non-hydrogen) atoms. The lowest BCUT2D eigenvalue weighted by Crippen LogP contribution is -2.37. The van der Waals surface area contributed by atoms with Gasteiger partial charge in [-0.2, -0.15) is 4.98 Å². The molecule has 0 aliphatic carbocycles. The number of imidazole rings is 1. The molecule has 0 unspecified atom stereocenters. The summed E-state index contributed by atoms with van der Waals surface area (Å²) in [4.78, 5) is 41.1. The number of aromatic nitrogens is 4. The van der Waals surface area contributed by atoms with Crippen LogP contribution in [0.4, 0.5) is 11.6 Å². The number of rotatable bonds is 4. The summed E-state index contributed by atoms with van der Waals surface area (Å²) in [5.74, 6) is -0.0306. The summed E-state index contributed by atoms with van der Waals surface area (Å²) in [7, 11) is 4.53. The van der Waals surface area contributed by atoms with Crippen LogP contribution in [-0.4, -0.2) is 31.0 Å². The number of aryl methyl sites for hydroxylation is 2. The van der Waals surface area contributed by atoms with Crippen LogP contribution >= 0.6 is 23.2 Å². The average Bonchev–Trinajstić information content (AvgIpc) is 2.96. The minimum absolute atomic E-state index is 0.123. The summed E-state index contributed by atoms with van der Waals surface area (Å²) in [6, 6.07) is 2.86. The normalized spacial score (nSPS) is 11.1. The second-order valence-electron chi connectivity index (χ2n) is 6.00. The molecule has 0 saturated carbocycles. The van der Waals surface area contributed by atoms with Crippen LogP contribution in [-0.2, 0) is 21.1 Å². The number of nitrogen functional groups attached to an aromatic ring is 1. The summed E-state index contributed by atoms with van der Waals surface area (Å²) in [5.41, 5.74) is 5.66. The lowest BCUT2D eigenvalue weighted by Gasteiger charge is -2.08. The molecule has 3 aromatic rings. The number of ketones is 1. The molecule has 0 bridgehead atoms. The van der Waals surface area contributed by atoms with Crippen LogP contribution in [0.1, 0.15) is 10.4 Å². The van der Waals surface area contributed by atoms with E-state index in [9.17, 15) is 14.4 Å². The van der Waals surface area contributed by atoms with Gasteiger partial charge in [0.25, 0.3) is 5.56 Å². The highest BCUT2D eigenvalue weighted by Gasteiger charge is 2.18. The third-order valence-corrected chi connectivity index (χ3v) is 4.91. The van der Waals surface area contributed by atoms with E-state index in [1.54, 1.807) is 7.05 Å². The first kappa shape index (κ1) is 19.0. The zero-order valence-corrected chi connectivity index (χ0v) is 16.2. The molecule has 0 atom stereocenters. The number of nitrogens with two attached hydrogens (primary N) is 1. The minimum atomic E-state index is -0.487. The Labute approximate surface area is 162 Å². The molecule has 3 N–H and O–H groups in total. The Bertz CT molecular complexity index is 1180. The van der Waals surface area contributed by atoms with Crippen LogP contribution in [0.15, 0.2) is 21.7 Å². The molecule has 0 aliphatic heterocycles. The van der Waals surface area contributed by atoms with Crippen molar-refractivity contribution in [2.24, 2.45) is 21.1 Å². The van der Waals surface area contributed by atoms with Gasteiger partial charge in [0.2, 0.25) is 5.95 Å². The summed E-state index contributed by atoms with van der Waals surface area (Å²) < 4.78 is 3.76. The van der Waals surface area contributed by atoms with Gasteiger partial charge in [-0.3, -0.25) is 18.7 Å². The SMILES string of the molecule is Cn1c(=O)c2c(nc(NCC(=O)c3cc(Cl)c(N)c(Cl)c3)n2C)n(C)c1=O. The van der Waals surface area contributed by atoms with E-state index in [1.807, 2.05) is 0 Å². The zero-order valence-electron chi connectivity index (χ0n) is 14.7. The molecule has 1 aromatic carbocycles. The van der Waals surface area contributed by atoms with Crippen molar-refractivity contribution in [2.75, 3.05) is 17.6 Å². The molecule has 0 fully saturated rings. The van der Waals surface area contributed by atoms with Crippen molar-refractivity contribution in [1.82, 2.24) is 18.7 Å². The Morgan fingerprint density at radius 2 is 1.70 bits per heavy atom. The molecule has 0 saturated heterocycles. The third kappa shape index (κ3) is 3.08. The zero-order chi connectivity index (χ0) is 20.0. The fraction of sp³-hybridized carbons (Fsp3) is 0.250. The number of benzene rings is 1. The van der Waals surface area contributed by atoms with E-state index in [2.05, 4.69) is 10.3 Å². The van der Waals surface area contributed by atoms with Crippen molar-refractivity contribution in [3.63, 3.8) is 0 Å². The van der Waals surface area contributed by atoms with Crippen molar-refractivity contribution < 1.29 is 4.79 Å². The van der Waals surface area contributed by atoms with Gasteiger partial charge in [-0.25, -0.2) is 4.79 Å². The Hall–Kier alpha value is -2.78. The predicted octanol–water partition coefficient (Wildman–Crippen LogP) is 1.15. The maximum atomic E-state index is 12.4. The van der Waals surface area contributed by atoms with E-state index in [0.717, 1.165) is 4.57 Å². The van der Waals surface area contributed by atoms with Crippen LogP contribution in [0.3, 0.4) is 0 Å². The smallest absolute Gasteiger partial charge is 0.332 e. The van der Waals surface area contributed by atoms with Gasteiger partial charge in [0.05, 0.1) is 22.3 Å². The fourth-order valence-corrected chi connectivity index (χ4v) is 3.17. The van der Waals surface area contributed by atoms with Crippen LogP contribution in [0.2, 0.25) is 10.0 Å². The fourth-order valence-electron chi connectivity index (χ4n) is 2.68. The van der Waals surface area contributed by atoms with Crippen LogP contribution < -0.4 is 22.3 Å². The number of nitrogens with zero attached hydrogens (tertiary/aromatic N) is 4. The number of anilines is 2. The van der Waals surface area contributed by atoms with Gasteiger partial charge >= 0.3 is 5.69 Å². The molecule has 0 aliphatic rings. The van der Waals surface area contributed by atoms with Gasteiger partial charge < -0.3 is 15.6 Å². The van der Waals surface area contributed by atoms with E-state index in [4.69, 9.17) is 28.9 Å². The van der Waals surface area contributed by atoms with E-state index < -0.39 is 11.2 Å². The molecule has 0 amide bonds. The maximum absolute atomic E-state index is 12.4. The number of hydrogen-bond acceptors (Lipinski definition) is 6. The molecule has 11 heteroatoms. The molecule has 9 nitrogen and oxygen atoms in total. The Kier molecular flexibility index (Phi) is 4.75. The van der Waals surface area contributed by atoms with E-state index in [-0.39, 0.29) is 50.7 Å². The second kappa shape index (κ2) is 6.75. The highest BCUT2D eigenvalue weighted by atomic mass is 35.5. The number of Topliss-reactive ketones (excluding diaryl/α,β-unsaturated/α-hetero) is 1. The van der Waals surface area contributed by atoms with Gasteiger partial charge in [-0.05, 0) is 12.1 Å². The summed E-state index contributed by atoms with van der Waals surface area (Å²) in [6.45, 7) is -0.123. The monoisotopic (exact) mass is 410 g/mol. The van der Waals surface area contributed by atoms with Crippen molar-refractivity contribution in [2.45, 2.75) is 0 Å². The van der Waals surface area contributed by atoms with Crippen molar-refractivity contribution >= 4 is 51.8 Å². The standard InChI is InChI=1S/C16H16Cl2N6O3/c1-22-12-13(23(2)16(27)24(3)14(12)26)21-15(22)20-6-10(25)7-4-8(17)11(19)9(18)5-7/h4-5H,6,19H2,1-3H3,(H,20,21). The van der Waals surface area contributed by atoms with Gasteiger partial charge in [0.1, 0.15) is 0 Å².